The Morgan fingerprint density at radius 1 is 1.27 bits per heavy atom. The van der Waals surface area contributed by atoms with Gasteiger partial charge in [-0.1, -0.05) is 13.8 Å². The summed E-state index contributed by atoms with van der Waals surface area (Å²) in [5.74, 6) is 4.28. The normalized spacial score (nSPS) is 18.9. The lowest BCUT2D eigenvalue weighted by atomic mass is 10.0. The standard InChI is InChI=1S/C19H28N2O3S2/c1-12(2)14(20-17(22)19-25-10-11-26-19)8-9-21(3)18(23)16-7-6-15(24-16)13-4-5-13/h6-7,12-14,19H,4-5,8-11H2,1-3H3,(H,20,22). The molecule has 7 heteroatoms. The Bertz CT molecular complexity index is 636. The number of nitrogens with zero attached hydrogens (tertiary/aromatic N) is 1. The molecule has 1 N–H and O–H groups in total. The van der Waals surface area contributed by atoms with E-state index in [1.54, 1.807) is 41.5 Å². The van der Waals surface area contributed by atoms with Crippen LogP contribution in [0.3, 0.4) is 0 Å². The van der Waals surface area contributed by atoms with Crippen LogP contribution in [-0.2, 0) is 4.79 Å². The quantitative estimate of drug-likeness (QED) is 0.728. The highest BCUT2D eigenvalue weighted by molar-refractivity contribution is 8.21. The molecule has 2 fully saturated rings. The molecule has 5 nitrogen and oxygen atoms in total. The molecule has 2 amide bonds. The van der Waals surface area contributed by atoms with Crippen molar-refractivity contribution in [3.05, 3.63) is 23.7 Å². The van der Waals surface area contributed by atoms with Crippen LogP contribution < -0.4 is 5.32 Å². The molecule has 1 saturated carbocycles. The second kappa shape index (κ2) is 8.74. The van der Waals surface area contributed by atoms with Gasteiger partial charge in [0, 0.05) is 37.1 Å². The molecule has 1 aliphatic heterocycles. The van der Waals surface area contributed by atoms with Crippen molar-refractivity contribution in [2.75, 3.05) is 25.1 Å². The van der Waals surface area contributed by atoms with E-state index in [2.05, 4.69) is 19.2 Å². The zero-order chi connectivity index (χ0) is 18.7. The fourth-order valence-corrected chi connectivity index (χ4v) is 5.61. The van der Waals surface area contributed by atoms with Gasteiger partial charge in [0.2, 0.25) is 5.91 Å². The maximum absolute atomic E-state index is 12.6. The van der Waals surface area contributed by atoms with Crippen LogP contribution in [0.2, 0.25) is 0 Å². The predicted molar refractivity (Wildman–Crippen MR) is 108 cm³/mol. The van der Waals surface area contributed by atoms with E-state index in [4.69, 9.17) is 4.42 Å². The number of carbonyl (C=O) groups is 2. The number of carbonyl (C=O) groups excluding carboxylic acids is 2. The highest BCUT2D eigenvalue weighted by atomic mass is 32.2. The van der Waals surface area contributed by atoms with E-state index in [9.17, 15) is 9.59 Å². The lowest BCUT2D eigenvalue weighted by molar-refractivity contribution is -0.120. The van der Waals surface area contributed by atoms with Crippen LogP contribution in [0.15, 0.2) is 16.5 Å². The first kappa shape index (κ1) is 19.7. The summed E-state index contributed by atoms with van der Waals surface area (Å²) in [4.78, 5) is 26.6. The van der Waals surface area contributed by atoms with Crippen molar-refractivity contribution < 1.29 is 14.0 Å². The molecule has 0 aromatic carbocycles. The summed E-state index contributed by atoms with van der Waals surface area (Å²) in [6.45, 7) is 4.80. The van der Waals surface area contributed by atoms with Crippen molar-refractivity contribution >= 4 is 35.3 Å². The molecule has 2 aliphatic rings. The van der Waals surface area contributed by atoms with Gasteiger partial charge in [0.25, 0.3) is 5.91 Å². The van der Waals surface area contributed by atoms with Crippen LogP contribution in [-0.4, -0.2) is 52.4 Å². The highest BCUT2D eigenvalue weighted by Gasteiger charge is 2.29. The van der Waals surface area contributed by atoms with Crippen LogP contribution in [0.1, 0.15) is 55.3 Å². The SMILES string of the molecule is CC(C)C(CCN(C)C(=O)c1ccc(C2CC2)o1)NC(=O)C1SCCS1. The monoisotopic (exact) mass is 396 g/mol. The Morgan fingerprint density at radius 2 is 1.96 bits per heavy atom. The van der Waals surface area contributed by atoms with Crippen LogP contribution >= 0.6 is 23.5 Å². The fourth-order valence-electron chi connectivity index (χ4n) is 3.01. The minimum atomic E-state index is -0.0902. The van der Waals surface area contributed by atoms with Gasteiger partial charge in [-0.3, -0.25) is 9.59 Å². The van der Waals surface area contributed by atoms with Gasteiger partial charge in [-0.2, -0.15) is 0 Å². The molecule has 1 atom stereocenters. The molecule has 1 aliphatic carbocycles. The molecular weight excluding hydrogens is 368 g/mol. The lowest BCUT2D eigenvalue weighted by Crippen LogP contribution is -2.43. The van der Waals surface area contributed by atoms with Gasteiger partial charge in [0.1, 0.15) is 10.3 Å². The number of furan rings is 1. The smallest absolute Gasteiger partial charge is 0.289 e. The van der Waals surface area contributed by atoms with Crippen LogP contribution in [0, 0.1) is 5.92 Å². The zero-order valence-corrected chi connectivity index (χ0v) is 17.3. The molecule has 2 heterocycles. The average Bonchev–Trinajstić information content (AvgIpc) is 3.13. The number of thioether (sulfide) groups is 2. The third-order valence-electron chi connectivity index (χ3n) is 4.91. The number of hydrogen-bond donors (Lipinski definition) is 1. The second-order valence-corrected chi connectivity index (χ2v) is 10.1. The second-order valence-electron chi connectivity index (χ2n) is 7.42. The summed E-state index contributed by atoms with van der Waals surface area (Å²) in [6.07, 6.45) is 3.05. The Morgan fingerprint density at radius 3 is 2.58 bits per heavy atom. The number of nitrogens with one attached hydrogen (secondary N) is 1. The highest BCUT2D eigenvalue weighted by Crippen LogP contribution is 2.40. The first-order valence-corrected chi connectivity index (χ1v) is 11.4. The van der Waals surface area contributed by atoms with E-state index in [1.165, 1.54) is 0 Å². The third-order valence-corrected chi connectivity index (χ3v) is 7.90. The van der Waals surface area contributed by atoms with Crippen molar-refractivity contribution in [3.8, 4) is 0 Å². The third kappa shape index (κ3) is 5.00. The molecule has 0 bridgehead atoms. The molecule has 1 saturated heterocycles. The summed E-state index contributed by atoms with van der Waals surface area (Å²) in [5, 5.41) is 3.18. The molecule has 3 rings (SSSR count). The van der Waals surface area contributed by atoms with Gasteiger partial charge in [-0.15, -0.1) is 23.5 Å². The maximum atomic E-state index is 12.6. The predicted octanol–water partition coefficient (Wildman–Crippen LogP) is 3.57. The largest absolute Gasteiger partial charge is 0.456 e. The van der Waals surface area contributed by atoms with Crippen LogP contribution in [0.5, 0.6) is 0 Å². The molecule has 1 aromatic heterocycles. The Labute approximate surface area is 164 Å². The first-order valence-electron chi connectivity index (χ1n) is 9.34. The molecule has 144 valence electrons. The van der Waals surface area contributed by atoms with Crippen LogP contribution in [0.25, 0.3) is 0 Å². The molecule has 1 unspecified atom stereocenters. The zero-order valence-electron chi connectivity index (χ0n) is 15.7. The first-order chi connectivity index (χ1) is 12.5. The molecule has 0 spiro atoms. The summed E-state index contributed by atoms with van der Waals surface area (Å²) >= 11 is 3.43. The summed E-state index contributed by atoms with van der Waals surface area (Å²) in [6, 6.07) is 3.77. The number of rotatable bonds is 8. The van der Waals surface area contributed by atoms with E-state index in [0.29, 0.717) is 24.1 Å². The van der Waals surface area contributed by atoms with E-state index in [1.807, 2.05) is 6.07 Å². The van der Waals surface area contributed by atoms with Gasteiger partial charge in [0.15, 0.2) is 5.76 Å². The van der Waals surface area contributed by atoms with Gasteiger partial charge >= 0.3 is 0 Å². The Balaban J connectivity index is 1.50. The molecular formula is C19H28N2O3S2. The van der Waals surface area contributed by atoms with E-state index < -0.39 is 0 Å². The summed E-state index contributed by atoms with van der Waals surface area (Å²) in [7, 11) is 1.80. The number of amides is 2. The van der Waals surface area contributed by atoms with E-state index in [0.717, 1.165) is 36.5 Å². The average molecular weight is 397 g/mol. The van der Waals surface area contributed by atoms with E-state index in [-0.39, 0.29) is 22.4 Å². The van der Waals surface area contributed by atoms with Gasteiger partial charge in [-0.25, -0.2) is 0 Å². The Kier molecular flexibility index (Phi) is 6.61. The van der Waals surface area contributed by atoms with Gasteiger partial charge < -0.3 is 14.6 Å². The molecule has 26 heavy (non-hydrogen) atoms. The van der Waals surface area contributed by atoms with Crippen molar-refractivity contribution in [3.63, 3.8) is 0 Å². The van der Waals surface area contributed by atoms with Gasteiger partial charge in [0.05, 0.1) is 0 Å². The maximum Gasteiger partial charge on any atom is 0.289 e. The Hall–Kier alpha value is -1.08. The minimum absolute atomic E-state index is 0.0135. The molecule has 1 aromatic rings. The van der Waals surface area contributed by atoms with Crippen molar-refractivity contribution in [2.24, 2.45) is 5.92 Å². The van der Waals surface area contributed by atoms with Crippen molar-refractivity contribution in [1.82, 2.24) is 10.2 Å². The van der Waals surface area contributed by atoms with E-state index >= 15 is 0 Å². The van der Waals surface area contributed by atoms with Gasteiger partial charge in [-0.05, 0) is 37.3 Å². The van der Waals surface area contributed by atoms with Crippen LogP contribution in [0.4, 0.5) is 0 Å². The van der Waals surface area contributed by atoms with Crippen molar-refractivity contribution in [2.45, 2.75) is 49.7 Å². The summed E-state index contributed by atoms with van der Waals surface area (Å²) < 4.78 is 5.72. The minimum Gasteiger partial charge on any atom is -0.456 e. The lowest BCUT2D eigenvalue weighted by Gasteiger charge is -2.26. The molecule has 0 radical (unpaired) electrons. The topological polar surface area (TPSA) is 62.6 Å². The fraction of sp³-hybridized carbons (Fsp3) is 0.684. The van der Waals surface area contributed by atoms with Crippen molar-refractivity contribution in [1.29, 1.82) is 0 Å². The number of hydrogen-bond acceptors (Lipinski definition) is 5. The summed E-state index contributed by atoms with van der Waals surface area (Å²) in [5.41, 5.74) is 0.